The Balaban J connectivity index is 1.14. The molecule has 3 aliphatic rings. The highest BCUT2D eigenvalue weighted by atomic mass is 15.2. The molecule has 4 heteroatoms. The van der Waals surface area contributed by atoms with E-state index in [1.165, 1.54) is 67.0 Å². The summed E-state index contributed by atoms with van der Waals surface area (Å²) in [6.07, 6.45) is 0. The predicted molar refractivity (Wildman–Crippen MR) is 269 cm³/mol. The third kappa shape index (κ3) is 5.27. The summed E-state index contributed by atoms with van der Waals surface area (Å²) in [6, 6.07) is 84.7. The molecule has 1 aromatic heterocycles. The zero-order valence-electron chi connectivity index (χ0n) is 36.7. The number of nitrogens with zero attached hydrogens (tertiary/aromatic N) is 4. The first-order valence-corrected chi connectivity index (χ1v) is 22.8. The van der Waals surface area contributed by atoms with E-state index < -0.39 is 10.8 Å². The molecule has 0 fully saturated rings. The van der Waals surface area contributed by atoms with E-state index >= 15 is 0 Å². The minimum atomic E-state index is -0.713. The Bertz CT molecular complexity index is 3310. The van der Waals surface area contributed by atoms with Gasteiger partial charge in [0, 0.05) is 22.9 Å². The number of fused-ring (bicyclic) bond motifs is 14. The van der Waals surface area contributed by atoms with Crippen molar-refractivity contribution < 1.29 is 0 Å². The van der Waals surface area contributed by atoms with Gasteiger partial charge in [-0.05, 0) is 94.8 Å². The van der Waals surface area contributed by atoms with Crippen LogP contribution >= 0.6 is 0 Å². The first-order chi connectivity index (χ1) is 32.6. The molecule has 10 aromatic rings. The van der Waals surface area contributed by atoms with Crippen molar-refractivity contribution in [3.05, 3.63) is 286 Å². The maximum atomic E-state index is 5.48. The lowest BCUT2D eigenvalue weighted by atomic mass is 9.49. The molecule has 0 bridgehead atoms. The zero-order valence-corrected chi connectivity index (χ0v) is 36.7. The number of aryl methyl sites for hydroxylation is 2. The summed E-state index contributed by atoms with van der Waals surface area (Å²) >= 11 is 0. The lowest BCUT2D eigenvalue weighted by Gasteiger charge is -2.56. The summed E-state index contributed by atoms with van der Waals surface area (Å²) in [5, 5.41) is 0. The van der Waals surface area contributed by atoms with E-state index in [1.54, 1.807) is 0 Å². The average molecular weight is 845 g/mol. The van der Waals surface area contributed by atoms with E-state index in [1.807, 2.05) is 6.07 Å². The molecule has 0 unspecified atom stereocenters. The van der Waals surface area contributed by atoms with Gasteiger partial charge in [0.2, 0.25) is 0 Å². The minimum absolute atomic E-state index is 0.649. The standard InChI is InChI=1S/C62H44N4/c1-41-34-36-57-52(38-41)62(53-39-42(2)35-37-58(53)66(57)59-40-54(43-20-6-3-7-21-43)63-60(64-59)44-22-8-4-9-23-44)48-28-14-12-26-46(48)61(47-27-13-15-29-49(47)62)50-30-16-18-32-55(50)65(45-24-10-5-11-25-45)56-33-19-17-31-51(56)61/h3-40H,1-2H3. The third-order valence-electron chi connectivity index (χ3n) is 14.2. The third-order valence-corrected chi connectivity index (χ3v) is 14.2. The quantitative estimate of drug-likeness (QED) is 0.177. The number of anilines is 6. The van der Waals surface area contributed by atoms with E-state index in [0.717, 1.165) is 39.7 Å². The largest absolute Gasteiger partial charge is 0.310 e. The minimum Gasteiger partial charge on any atom is -0.310 e. The number of benzene rings is 9. The van der Waals surface area contributed by atoms with Gasteiger partial charge in [0.1, 0.15) is 5.82 Å². The Morgan fingerprint density at radius 2 is 0.712 bits per heavy atom. The molecule has 0 N–H and O–H groups in total. The summed E-state index contributed by atoms with van der Waals surface area (Å²) in [4.78, 5) is 15.6. The number of hydrogen-bond acceptors (Lipinski definition) is 4. The fourth-order valence-corrected chi connectivity index (χ4v) is 11.7. The average Bonchev–Trinajstić information content (AvgIpc) is 3.38. The molecule has 13 rings (SSSR count). The fraction of sp³-hybridized carbons (Fsp3) is 0.0645. The van der Waals surface area contributed by atoms with Gasteiger partial charge in [0.25, 0.3) is 0 Å². The van der Waals surface area contributed by atoms with Gasteiger partial charge in [-0.2, -0.15) is 0 Å². The van der Waals surface area contributed by atoms with Gasteiger partial charge in [0.05, 0.1) is 39.3 Å². The van der Waals surface area contributed by atoms with Crippen LogP contribution in [0.1, 0.15) is 55.6 Å². The molecule has 3 heterocycles. The normalized spacial score (nSPS) is 14.4. The van der Waals surface area contributed by atoms with Crippen LogP contribution < -0.4 is 9.80 Å². The first kappa shape index (κ1) is 38.1. The molecule has 2 aliphatic heterocycles. The molecule has 0 atom stereocenters. The Morgan fingerprint density at radius 1 is 0.318 bits per heavy atom. The molecule has 4 nitrogen and oxygen atoms in total. The molecular formula is C62H44N4. The lowest BCUT2D eigenvalue weighted by Crippen LogP contribution is -2.49. The van der Waals surface area contributed by atoms with Gasteiger partial charge in [-0.15, -0.1) is 0 Å². The molecular weight excluding hydrogens is 801 g/mol. The predicted octanol–water partition coefficient (Wildman–Crippen LogP) is 15.1. The Morgan fingerprint density at radius 3 is 1.21 bits per heavy atom. The van der Waals surface area contributed by atoms with Crippen LogP contribution in [0, 0.1) is 13.8 Å². The monoisotopic (exact) mass is 844 g/mol. The van der Waals surface area contributed by atoms with Crippen molar-refractivity contribution in [2.45, 2.75) is 24.7 Å². The van der Waals surface area contributed by atoms with Gasteiger partial charge in [-0.25, -0.2) is 9.97 Å². The number of hydrogen-bond donors (Lipinski definition) is 0. The molecule has 0 saturated carbocycles. The van der Waals surface area contributed by atoms with Crippen molar-refractivity contribution in [1.82, 2.24) is 9.97 Å². The summed E-state index contributed by atoms with van der Waals surface area (Å²) in [5.74, 6) is 1.50. The van der Waals surface area contributed by atoms with Crippen LogP contribution in [0.2, 0.25) is 0 Å². The van der Waals surface area contributed by atoms with Crippen LogP contribution in [0.4, 0.5) is 34.3 Å². The molecule has 0 saturated heterocycles. The smallest absolute Gasteiger partial charge is 0.162 e. The number of para-hydroxylation sites is 3. The van der Waals surface area contributed by atoms with Crippen LogP contribution in [0.3, 0.4) is 0 Å². The van der Waals surface area contributed by atoms with Crippen LogP contribution in [0.25, 0.3) is 22.6 Å². The summed E-state index contributed by atoms with van der Waals surface area (Å²) in [6.45, 7) is 4.45. The lowest BCUT2D eigenvalue weighted by molar-refractivity contribution is 0.607. The Hall–Kier alpha value is -8.34. The molecule has 66 heavy (non-hydrogen) atoms. The summed E-state index contributed by atoms with van der Waals surface area (Å²) in [5.41, 5.74) is 19.7. The fourth-order valence-electron chi connectivity index (χ4n) is 11.7. The van der Waals surface area contributed by atoms with Gasteiger partial charge in [0.15, 0.2) is 5.82 Å². The number of rotatable bonds is 4. The maximum Gasteiger partial charge on any atom is 0.162 e. The van der Waals surface area contributed by atoms with Gasteiger partial charge >= 0.3 is 0 Å². The van der Waals surface area contributed by atoms with E-state index in [2.05, 4.69) is 248 Å². The van der Waals surface area contributed by atoms with Gasteiger partial charge < -0.3 is 4.90 Å². The van der Waals surface area contributed by atoms with Crippen molar-refractivity contribution in [3.8, 4) is 22.6 Å². The van der Waals surface area contributed by atoms with E-state index in [4.69, 9.17) is 9.97 Å². The van der Waals surface area contributed by atoms with Crippen LogP contribution in [0.15, 0.2) is 231 Å². The van der Waals surface area contributed by atoms with E-state index in [9.17, 15) is 0 Å². The van der Waals surface area contributed by atoms with Crippen molar-refractivity contribution in [2.24, 2.45) is 0 Å². The molecule has 0 amide bonds. The first-order valence-electron chi connectivity index (χ1n) is 22.8. The van der Waals surface area contributed by atoms with Crippen LogP contribution in [-0.2, 0) is 10.8 Å². The molecule has 9 aromatic carbocycles. The SMILES string of the molecule is Cc1ccc2c(c1)C1(c3cc(C)ccc3N2c2cc(-c3ccccc3)nc(-c3ccccc3)n2)c2ccccc2C2(c3ccccc3N(c3ccccc3)c3ccccc32)c2ccccc21. The topological polar surface area (TPSA) is 32.3 Å². The highest BCUT2D eigenvalue weighted by Crippen LogP contribution is 2.68. The molecule has 2 spiro atoms. The number of aromatic nitrogens is 2. The Kier molecular flexibility index (Phi) is 8.44. The van der Waals surface area contributed by atoms with Gasteiger partial charge in [-0.3, -0.25) is 4.90 Å². The van der Waals surface area contributed by atoms with Gasteiger partial charge in [-0.1, -0.05) is 199 Å². The van der Waals surface area contributed by atoms with E-state index in [-0.39, 0.29) is 0 Å². The highest BCUT2D eigenvalue weighted by Gasteiger charge is 2.59. The zero-order chi connectivity index (χ0) is 44.0. The van der Waals surface area contributed by atoms with Crippen molar-refractivity contribution in [2.75, 3.05) is 9.80 Å². The van der Waals surface area contributed by atoms with Crippen LogP contribution in [0.5, 0.6) is 0 Å². The highest BCUT2D eigenvalue weighted by molar-refractivity contribution is 5.95. The second-order valence-corrected chi connectivity index (χ2v) is 17.8. The molecule has 312 valence electrons. The maximum absolute atomic E-state index is 5.48. The second-order valence-electron chi connectivity index (χ2n) is 17.8. The summed E-state index contributed by atoms with van der Waals surface area (Å²) in [7, 11) is 0. The van der Waals surface area contributed by atoms with Crippen LogP contribution in [-0.4, -0.2) is 9.97 Å². The summed E-state index contributed by atoms with van der Waals surface area (Å²) < 4.78 is 0. The molecule has 0 radical (unpaired) electrons. The second kappa shape index (κ2) is 14.6. The van der Waals surface area contributed by atoms with Crippen molar-refractivity contribution in [3.63, 3.8) is 0 Å². The Labute approximate surface area is 385 Å². The van der Waals surface area contributed by atoms with E-state index in [0.29, 0.717) is 5.82 Å². The molecule has 1 aliphatic carbocycles. The van der Waals surface area contributed by atoms with Crippen molar-refractivity contribution >= 4 is 34.3 Å². The van der Waals surface area contributed by atoms with Crippen molar-refractivity contribution in [1.29, 1.82) is 0 Å².